The van der Waals surface area contributed by atoms with Crippen LogP contribution in [0.3, 0.4) is 0 Å². The van der Waals surface area contributed by atoms with Crippen LogP contribution in [0.15, 0.2) is 30.4 Å². The zero-order valence-corrected chi connectivity index (χ0v) is 16.8. The van der Waals surface area contributed by atoms with Gasteiger partial charge < -0.3 is 9.64 Å². The first-order valence-corrected chi connectivity index (χ1v) is 9.29. The van der Waals surface area contributed by atoms with Crippen LogP contribution in [-0.4, -0.2) is 40.7 Å². The van der Waals surface area contributed by atoms with E-state index in [0.717, 1.165) is 12.1 Å². The van der Waals surface area contributed by atoms with Gasteiger partial charge in [-0.1, -0.05) is 41.4 Å². The van der Waals surface area contributed by atoms with Gasteiger partial charge in [0.1, 0.15) is 0 Å². The van der Waals surface area contributed by atoms with Gasteiger partial charge in [0.25, 0.3) is 0 Å². The van der Waals surface area contributed by atoms with Crippen molar-refractivity contribution in [3.05, 3.63) is 46.0 Å². The van der Waals surface area contributed by atoms with E-state index in [1.165, 1.54) is 0 Å². The molecular weight excluding hydrogens is 359 g/mol. The summed E-state index contributed by atoms with van der Waals surface area (Å²) >= 11 is 12.1. The molecule has 0 bridgehead atoms. The molecule has 1 heterocycles. The normalized spacial score (nSPS) is 18.2. The van der Waals surface area contributed by atoms with Crippen LogP contribution >= 0.6 is 23.2 Å². The van der Waals surface area contributed by atoms with E-state index >= 15 is 0 Å². The highest BCUT2D eigenvalue weighted by Gasteiger charge is 2.30. The second-order valence-corrected chi connectivity index (χ2v) is 7.95. The molecule has 6 heteroatoms. The lowest BCUT2D eigenvalue weighted by Gasteiger charge is -2.38. The number of nitrogens with zero attached hydrogens (tertiary/aromatic N) is 2. The summed E-state index contributed by atoms with van der Waals surface area (Å²) in [6, 6.07) is 5.59. The number of benzene rings is 1. The first-order valence-electron chi connectivity index (χ1n) is 8.53. The Balaban J connectivity index is 2.08. The molecule has 0 aromatic heterocycles. The van der Waals surface area contributed by atoms with E-state index in [4.69, 9.17) is 27.9 Å². The van der Waals surface area contributed by atoms with Gasteiger partial charge in [-0.15, -0.1) is 0 Å². The van der Waals surface area contributed by atoms with Crippen LogP contribution in [0.2, 0.25) is 10.0 Å². The Labute approximate surface area is 160 Å². The van der Waals surface area contributed by atoms with Gasteiger partial charge in [-0.05, 0) is 45.4 Å². The van der Waals surface area contributed by atoms with Crippen LogP contribution in [0, 0.1) is 0 Å². The van der Waals surface area contributed by atoms with Gasteiger partial charge in [0.05, 0.1) is 10.0 Å². The number of rotatable bonds is 4. The molecule has 0 spiro atoms. The molecule has 1 atom stereocenters. The second-order valence-electron chi connectivity index (χ2n) is 7.14. The summed E-state index contributed by atoms with van der Waals surface area (Å²) in [5, 5.41) is 1.07. The van der Waals surface area contributed by atoms with Crippen molar-refractivity contribution in [3.63, 3.8) is 0 Å². The Morgan fingerprint density at radius 1 is 1.28 bits per heavy atom. The SMILES string of the molecule is CCN(C(=O)OC1CC=CCN1Cc1ccc(Cl)c(Cl)c1)C(C)(C)C. The van der Waals surface area contributed by atoms with Crippen molar-refractivity contribution in [3.8, 4) is 0 Å². The Hall–Kier alpha value is -1.23. The number of hydrogen-bond donors (Lipinski definition) is 0. The van der Waals surface area contributed by atoms with Gasteiger partial charge in [0, 0.05) is 31.6 Å². The van der Waals surface area contributed by atoms with E-state index in [1.54, 1.807) is 11.0 Å². The van der Waals surface area contributed by atoms with Gasteiger partial charge in [-0.25, -0.2) is 4.79 Å². The number of carbonyl (C=O) groups is 1. The molecule has 0 radical (unpaired) electrons. The smallest absolute Gasteiger partial charge is 0.411 e. The molecule has 25 heavy (non-hydrogen) atoms. The van der Waals surface area contributed by atoms with E-state index in [2.05, 4.69) is 17.1 Å². The summed E-state index contributed by atoms with van der Waals surface area (Å²) in [7, 11) is 0. The molecule has 0 N–H and O–H groups in total. The molecule has 0 saturated carbocycles. The fourth-order valence-corrected chi connectivity index (χ4v) is 3.23. The highest BCUT2D eigenvalue weighted by atomic mass is 35.5. The predicted octanol–water partition coefficient (Wildman–Crippen LogP) is 5.34. The molecule has 1 aliphatic heterocycles. The molecule has 0 fully saturated rings. The summed E-state index contributed by atoms with van der Waals surface area (Å²) < 4.78 is 5.81. The van der Waals surface area contributed by atoms with Gasteiger partial charge >= 0.3 is 6.09 Å². The third-order valence-electron chi connectivity index (χ3n) is 4.20. The maximum atomic E-state index is 12.6. The van der Waals surface area contributed by atoms with Crippen LogP contribution in [0.5, 0.6) is 0 Å². The summed E-state index contributed by atoms with van der Waals surface area (Å²) in [5.41, 5.74) is 0.763. The highest BCUT2D eigenvalue weighted by molar-refractivity contribution is 6.42. The Kier molecular flexibility index (Phi) is 6.78. The monoisotopic (exact) mass is 384 g/mol. The van der Waals surface area contributed by atoms with Crippen molar-refractivity contribution < 1.29 is 9.53 Å². The fourth-order valence-electron chi connectivity index (χ4n) is 2.91. The van der Waals surface area contributed by atoms with Crippen molar-refractivity contribution >= 4 is 29.3 Å². The number of carbonyl (C=O) groups excluding carboxylic acids is 1. The van der Waals surface area contributed by atoms with Gasteiger partial charge in [-0.3, -0.25) is 4.90 Å². The minimum Gasteiger partial charge on any atom is -0.430 e. The first-order chi connectivity index (χ1) is 11.7. The number of hydrogen-bond acceptors (Lipinski definition) is 3. The van der Waals surface area contributed by atoms with Gasteiger partial charge in [0.2, 0.25) is 0 Å². The molecule has 1 amide bonds. The van der Waals surface area contributed by atoms with E-state index in [9.17, 15) is 4.79 Å². The molecule has 1 aliphatic rings. The minimum absolute atomic E-state index is 0.273. The summed E-state index contributed by atoms with van der Waals surface area (Å²) in [6.07, 6.45) is 4.24. The zero-order valence-electron chi connectivity index (χ0n) is 15.3. The molecular formula is C19H26Cl2N2O2. The standard InChI is InChI=1S/C19H26Cl2N2O2/c1-5-23(19(2,3)4)18(24)25-17-8-6-7-11-22(17)13-14-9-10-15(20)16(21)12-14/h6-7,9-10,12,17H,5,8,11,13H2,1-4H3. The lowest BCUT2D eigenvalue weighted by Crippen LogP contribution is -2.49. The van der Waals surface area contributed by atoms with Crippen LogP contribution in [-0.2, 0) is 11.3 Å². The average molecular weight is 385 g/mol. The van der Waals surface area contributed by atoms with Crippen molar-refractivity contribution in [2.75, 3.05) is 13.1 Å². The summed E-state index contributed by atoms with van der Waals surface area (Å²) in [6.45, 7) is 9.95. The van der Waals surface area contributed by atoms with Crippen LogP contribution in [0.1, 0.15) is 39.7 Å². The van der Waals surface area contributed by atoms with Crippen LogP contribution in [0.4, 0.5) is 4.79 Å². The second kappa shape index (κ2) is 8.43. The van der Waals surface area contributed by atoms with Gasteiger partial charge in [0.15, 0.2) is 6.23 Å². The molecule has 4 nitrogen and oxygen atoms in total. The molecule has 2 rings (SSSR count). The Morgan fingerprint density at radius 2 is 2.00 bits per heavy atom. The Bertz CT molecular complexity index is 641. The molecule has 138 valence electrons. The molecule has 0 aliphatic carbocycles. The molecule has 1 unspecified atom stereocenters. The lowest BCUT2D eigenvalue weighted by molar-refractivity contribution is -0.0382. The van der Waals surface area contributed by atoms with E-state index in [0.29, 0.717) is 29.6 Å². The number of halogens is 2. The average Bonchev–Trinajstić information content (AvgIpc) is 2.52. The maximum absolute atomic E-state index is 12.6. The Morgan fingerprint density at radius 3 is 2.60 bits per heavy atom. The molecule has 1 aromatic carbocycles. The highest BCUT2D eigenvalue weighted by Crippen LogP contribution is 2.25. The van der Waals surface area contributed by atoms with Crippen LogP contribution in [0.25, 0.3) is 0 Å². The van der Waals surface area contributed by atoms with Crippen molar-refractivity contribution in [1.82, 2.24) is 9.80 Å². The van der Waals surface area contributed by atoms with E-state index < -0.39 is 0 Å². The third kappa shape index (κ3) is 5.37. The molecule has 0 saturated heterocycles. The summed E-state index contributed by atoms with van der Waals surface area (Å²) in [4.78, 5) is 16.5. The van der Waals surface area contributed by atoms with E-state index in [-0.39, 0.29) is 17.9 Å². The third-order valence-corrected chi connectivity index (χ3v) is 4.94. The fraction of sp³-hybridized carbons (Fsp3) is 0.526. The van der Waals surface area contributed by atoms with E-state index in [1.807, 2.05) is 39.8 Å². The lowest BCUT2D eigenvalue weighted by atomic mass is 10.1. The van der Waals surface area contributed by atoms with Crippen LogP contribution < -0.4 is 0 Å². The van der Waals surface area contributed by atoms with Gasteiger partial charge in [-0.2, -0.15) is 0 Å². The molecule has 1 aromatic rings. The summed E-state index contributed by atoms with van der Waals surface area (Å²) in [5.74, 6) is 0. The predicted molar refractivity (Wildman–Crippen MR) is 103 cm³/mol. The first kappa shape index (κ1) is 20.1. The topological polar surface area (TPSA) is 32.8 Å². The van der Waals surface area contributed by atoms with Crippen molar-refractivity contribution in [1.29, 1.82) is 0 Å². The quantitative estimate of drug-likeness (QED) is 0.656. The van der Waals surface area contributed by atoms with Crippen molar-refractivity contribution in [2.24, 2.45) is 0 Å². The minimum atomic E-state index is -0.289. The number of ether oxygens (including phenoxy) is 1. The van der Waals surface area contributed by atoms with Crippen molar-refractivity contribution in [2.45, 2.75) is 52.4 Å². The largest absolute Gasteiger partial charge is 0.430 e. The zero-order chi connectivity index (χ0) is 18.6. The maximum Gasteiger partial charge on any atom is 0.411 e. The number of amides is 1.